The molecule has 7 heteroatoms. The predicted octanol–water partition coefficient (Wildman–Crippen LogP) is 2.38. The molecule has 0 bridgehead atoms. The number of nitrogens with one attached hydrogen (secondary N) is 1. The van der Waals surface area contributed by atoms with Gasteiger partial charge in [0.15, 0.2) is 5.96 Å². The van der Waals surface area contributed by atoms with Crippen LogP contribution in [0.1, 0.15) is 18.7 Å². The maximum absolute atomic E-state index is 5.25. The summed E-state index contributed by atoms with van der Waals surface area (Å²) in [5.74, 6) is 2.99. The Morgan fingerprint density at radius 1 is 1.14 bits per heavy atom. The number of hydrogen-bond donors (Lipinski definition) is 1. The molecule has 1 aliphatic heterocycles. The van der Waals surface area contributed by atoms with Gasteiger partial charge in [0.05, 0.1) is 7.11 Å². The zero-order valence-electron chi connectivity index (χ0n) is 17.3. The van der Waals surface area contributed by atoms with E-state index in [0.717, 1.165) is 69.6 Å². The van der Waals surface area contributed by atoms with Crippen LogP contribution in [0.4, 0.5) is 5.69 Å². The number of unbranched alkanes of at least 4 members (excludes halogenated alkanes) is 1. The van der Waals surface area contributed by atoms with E-state index in [-0.39, 0.29) is 0 Å². The average Bonchev–Trinajstić information content (AvgIpc) is 3.16. The number of methoxy groups -OCH3 is 1. The van der Waals surface area contributed by atoms with Crippen LogP contribution in [0, 0.1) is 6.92 Å². The molecule has 1 aromatic carbocycles. The van der Waals surface area contributed by atoms with Crippen molar-refractivity contribution in [3.8, 4) is 5.75 Å². The third kappa shape index (κ3) is 5.18. The molecule has 0 radical (unpaired) electrons. The number of imidazole rings is 1. The number of nitrogens with zero attached hydrogens (tertiary/aromatic N) is 5. The van der Waals surface area contributed by atoms with Crippen molar-refractivity contribution in [1.82, 2.24) is 19.8 Å². The highest BCUT2D eigenvalue weighted by Crippen LogP contribution is 2.20. The second-order valence-electron chi connectivity index (χ2n) is 7.02. The van der Waals surface area contributed by atoms with Crippen LogP contribution in [-0.2, 0) is 6.54 Å². The SMILES string of the molecule is CN=C(NCCCCn1ccnc1C)N1CCN(c2ccc(OC)cc2)CC1. The summed E-state index contributed by atoms with van der Waals surface area (Å²) in [5.41, 5.74) is 1.25. The average molecular weight is 385 g/mol. The van der Waals surface area contributed by atoms with Gasteiger partial charge in [-0.15, -0.1) is 0 Å². The number of anilines is 1. The zero-order valence-corrected chi connectivity index (χ0v) is 17.3. The Hall–Kier alpha value is -2.70. The van der Waals surface area contributed by atoms with Crippen LogP contribution in [0.2, 0.25) is 0 Å². The van der Waals surface area contributed by atoms with Crippen LogP contribution >= 0.6 is 0 Å². The molecule has 0 unspecified atom stereocenters. The molecule has 7 nitrogen and oxygen atoms in total. The molecule has 1 saturated heterocycles. The van der Waals surface area contributed by atoms with Gasteiger partial charge in [-0.1, -0.05) is 0 Å². The van der Waals surface area contributed by atoms with E-state index in [1.165, 1.54) is 5.69 Å². The van der Waals surface area contributed by atoms with E-state index in [1.807, 2.05) is 38.5 Å². The molecule has 0 spiro atoms. The van der Waals surface area contributed by atoms with Crippen molar-refractivity contribution in [3.05, 3.63) is 42.5 Å². The Morgan fingerprint density at radius 2 is 1.89 bits per heavy atom. The summed E-state index contributed by atoms with van der Waals surface area (Å²) in [6.07, 6.45) is 6.15. The number of aryl methyl sites for hydroxylation is 2. The van der Waals surface area contributed by atoms with E-state index in [1.54, 1.807) is 7.11 Å². The standard InChI is InChI=1S/C21H32N6O/c1-18-23-11-13-25(18)12-5-4-10-24-21(22-2)27-16-14-26(15-17-27)19-6-8-20(28-3)9-7-19/h6-9,11,13H,4-5,10,12,14-17H2,1-3H3,(H,22,24). The van der Waals surface area contributed by atoms with Gasteiger partial charge >= 0.3 is 0 Å². The molecule has 1 fully saturated rings. The second-order valence-corrected chi connectivity index (χ2v) is 7.02. The first-order valence-corrected chi connectivity index (χ1v) is 10.0. The second kappa shape index (κ2) is 10.0. The molecule has 2 aromatic rings. The van der Waals surface area contributed by atoms with E-state index in [2.05, 4.69) is 41.8 Å². The van der Waals surface area contributed by atoms with Crippen LogP contribution in [0.25, 0.3) is 0 Å². The zero-order chi connectivity index (χ0) is 19.8. The third-order valence-corrected chi connectivity index (χ3v) is 5.26. The van der Waals surface area contributed by atoms with Gasteiger partial charge < -0.3 is 24.4 Å². The van der Waals surface area contributed by atoms with Crippen molar-refractivity contribution in [2.24, 2.45) is 4.99 Å². The molecule has 0 atom stereocenters. The lowest BCUT2D eigenvalue weighted by atomic mass is 10.2. The minimum atomic E-state index is 0.898. The minimum absolute atomic E-state index is 0.898. The highest BCUT2D eigenvalue weighted by molar-refractivity contribution is 5.80. The Kier molecular flexibility index (Phi) is 7.17. The summed E-state index contributed by atoms with van der Waals surface area (Å²) in [5, 5.41) is 3.52. The Balaban J connectivity index is 1.39. The lowest BCUT2D eigenvalue weighted by molar-refractivity contribution is 0.372. The maximum atomic E-state index is 5.25. The van der Waals surface area contributed by atoms with Gasteiger partial charge in [0, 0.05) is 64.4 Å². The summed E-state index contributed by atoms with van der Waals surface area (Å²) in [6.45, 7) is 7.94. The number of aromatic nitrogens is 2. The number of benzene rings is 1. The van der Waals surface area contributed by atoms with Gasteiger partial charge in [0.25, 0.3) is 0 Å². The predicted molar refractivity (Wildman–Crippen MR) is 114 cm³/mol. The fraction of sp³-hybridized carbons (Fsp3) is 0.524. The molecule has 152 valence electrons. The normalized spacial score (nSPS) is 15.0. The van der Waals surface area contributed by atoms with Crippen molar-refractivity contribution >= 4 is 11.6 Å². The van der Waals surface area contributed by atoms with Gasteiger partial charge in [-0.05, 0) is 44.0 Å². The van der Waals surface area contributed by atoms with Crippen molar-refractivity contribution in [2.75, 3.05) is 51.8 Å². The quantitative estimate of drug-likeness (QED) is 0.451. The minimum Gasteiger partial charge on any atom is -0.497 e. The van der Waals surface area contributed by atoms with E-state index >= 15 is 0 Å². The van der Waals surface area contributed by atoms with Crippen molar-refractivity contribution in [1.29, 1.82) is 0 Å². The Labute approximate surface area is 168 Å². The van der Waals surface area contributed by atoms with Crippen molar-refractivity contribution < 1.29 is 4.74 Å². The molecule has 28 heavy (non-hydrogen) atoms. The number of rotatable bonds is 7. The molecule has 1 aromatic heterocycles. The number of hydrogen-bond acceptors (Lipinski definition) is 4. The van der Waals surface area contributed by atoms with E-state index in [4.69, 9.17) is 4.74 Å². The number of piperazine rings is 1. The van der Waals surface area contributed by atoms with E-state index in [0.29, 0.717) is 0 Å². The Morgan fingerprint density at radius 3 is 2.50 bits per heavy atom. The molecule has 0 aliphatic carbocycles. The Bertz CT molecular complexity index is 747. The van der Waals surface area contributed by atoms with Crippen molar-refractivity contribution in [2.45, 2.75) is 26.3 Å². The number of guanidine groups is 1. The first-order valence-electron chi connectivity index (χ1n) is 10.0. The molecule has 1 N–H and O–H groups in total. The molecule has 2 heterocycles. The summed E-state index contributed by atoms with van der Waals surface area (Å²) >= 11 is 0. The van der Waals surface area contributed by atoms with Gasteiger partial charge in [0.2, 0.25) is 0 Å². The smallest absolute Gasteiger partial charge is 0.193 e. The van der Waals surface area contributed by atoms with Crippen LogP contribution in [0.15, 0.2) is 41.7 Å². The first-order chi connectivity index (χ1) is 13.7. The largest absolute Gasteiger partial charge is 0.497 e. The summed E-state index contributed by atoms with van der Waals surface area (Å²) in [7, 11) is 3.57. The van der Waals surface area contributed by atoms with Crippen LogP contribution in [-0.4, -0.2) is 67.3 Å². The molecule has 3 rings (SSSR count). The molecule has 1 aliphatic rings. The van der Waals surface area contributed by atoms with Gasteiger partial charge in [-0.2, -0.15) is 0 Å². The summed E-state index contributed by atoms with van der Waals surface area (Å²) in [4.78, 5) is 13.5. The highest BCUT2D eigenvalue weighted by Gasteiger charge is 2.19. The third-order valence-electron chi connectivity index (χ3n) is 5.26. The number of aliphatic imine (C=N–C) groups is 1. The summed E-state index contributed by atoms with van der Waals surface area (Å²) < 4.78 is 7.45. The van der Waals surface area contributed by atoms with E-state index < -0.39 is 0 Å². The van der Waals surface area contributed by atoms with Crippen LogP contribution in [0.5, 0.6) is 5.75 Å². The van der Waals surface area contributed by atoms with Gasteiger partial charge in [-0.25, -0.2) is 4.98 Å². The molecule has 0 saturated carbocycles. The lowest BCUT2D eigenvalue weighted by Crippen LogP contribution is -2.52. The molecular weight excluding hydrogens is 352 g/mol. The lowest BCUT2D eigenvalue weighted by Gasteiger charge is -2.37. The summed E-state index contributed by atoms with van der Waals surface area (Å²) in [6, 6.07) is 8.30. The molecule has 0 amide bonds. The molecular formula is C21H32N6O. The van der Waals surface area contributed by atoms with Gasteiger partial charge in [0.1, 0.15) is 11.6 Å². The van der Waals surface area contributed by atoms with Gasteiger partial charge in [-0.3, -0.25) is 4.99 Å². The first kappa shape index (κ1) is 20.0. The monoisotopic (exact) mass is 384 g/mol. The fourth-order valence-electron chi connectivity index (χ4n) is 3.55. The van der Waals surface area contributed by atoms with Crippen LogP contribution < -0.4 is 15.0 Å². The van der Waals surface area contributed by atoms with E-state index in [9.17, 15) is 0 Å². The maximum Gasteiger partial charge on any atom is 0.193 e. The topological polar surface area (TPSA) is 57.9 Å². The van der Waals surface area contributed by atoms with Crippen LogP contribution in [0.3, 0.4) is 0 Å². The highest BCUT2D eigenvalue weighted by atomic mass is 16.5. The number of ether oxygens (including phenoxy) is 1. The fourth-order valence-corrected chi connectivity index (χ4v) is 3.55. The van der Waals surface area contributed by atoms with Crippen molar-refractivity contribution in [3.63, 3.8) is 0 Å².